The summed E-state index contributed by atoms with van der Waals surface area (Å²) in [7, 11) is 0. The molecule has 16 heavy (non-hydrogen) atoms. The minimum absolute atomic E-state index is 0.699. The average Bonchev–Trinajstić information content (AvgIpc) is 2.31. The second-order valence-electron chi connectivity index (χ2n) is 5.13. The molecular formula is C15H22O. The number of ether oxygens (including phenoxy) is 1. The first kappa shape index (κ1) is 11.7. The standard InChI is InChI=1S/C15H22O/c1-12(2)15(13-6-4-3-5-7-13)14-8-10-16-11-9-14/h3-7,12,14-15H,8-11H2,1-2H3. The number of benzene rings is 1. The summed E-state index contributed by atoms with van der Waals surface area (Å²) in [6, 6.07) is 11.0. The first-order valence-corrected chi connectivity index (χ1v) is 6.41. The monoisotopic (exact) mass is 218 g/mol. The largest absolute Gasteiger partial charge is 0.381 e. The Morgan fingerprint density at radius 3 is 2.25 bits per heavy atom. The molecule has 2 rings (SSSR count). The molecule has 88 valence electrons. The third-order valence-electron chi connectivity index (χ3n) is 3.68. The van der Waals surface area contributed by atoms with Crippen molar-refractivity contribution in [3.8, 4) is 0 Å². The van der Waals surface area contributed by atoms with Crippen molar-refractivity contribution in [3.63, 3.8) is 0 Å². The van der Waals surface area contributed by atoms with E-state index in [1.165, 1.54) is 18.4 Å². The molecule has 0 bridgehead atoms. The molecule has 1 atom stereocenters. The van der Waals surface area contributed by atoms with Crippen molar-refractivity contribution in [3.05, 3.63) is 35.9 Å². The van der Waals surface area contributed by atoms with Gasteiger partial charge in [0.15, 0.2) is 0 Å². The SMILES string of the molecule is CC(C)C(c1ccccc1)C1CCOCC1. The number of rotatable bonds is 3. The summed E-state index contributed by atoms with van der Waals surface area (Å²) in [5.41, 5.74) is 1.50. The maximum absolute atomic E-state index is 5.47. The highest BCUT2D eigenvalue weighted by molar-refractivity contribution is 5.21. The van der Waals surface area contributed by atoms with Crippen LogP contribution >= 0.6 is 0 Å². The van der Waals surface area contributed by atoms with Crippen LogP contribution in [0.5, 0.6) is 0 Å². The van der Waals surface area contributed by atoms with Crippen molar-refractivity contribution in [1.82, 2.24) is 0 Å². The fraction of sp³-hybridized carbons (Fsp3) is 0.600. The van der Waals surface area contributed by atoms with Gasteiger partial charge in [0.2, 0.25) is 0 Å². The normalized spacial score (nSPS) is 19.9. The van der Waals surface area contributed by atoms with Crippen LogP contribution in [0.2, 0.25) is 0 Å². The maximum Gasteiger partial charge on any atom is 0.0468 e. The Morgan fingerprint density at radius 2 is 1.69 bits per heavy atom. The fourth-order valence-corrected chi connectivity index (χ4v) is 2.95. The highest BCUT2D eigenvalue weighted by atomic mass is 16.5. The molecule has 1 unspecified atom stereocenters. The first-order valence-electron chi connectivity index (χ1n) is 6.41. The van der Waals surface area contributed by atoms with E-state index < -0.39 is 0 Å². The first-order chi connectivity index (χ1) is 7.79. The van der Waals surface area contributed by atoms with Gasteiger partial charge >= 0.3 is 0 Å². The molecule has 0 radical (unpaired) electrons. The van der Waals surface area contributed by atoms with E-state index in [0.29, 0.717) is 11.8 Å². The van der Waals surface area contributed by atoms with Crippen molar-refractivity contribution >= 4 is 0 Å². The molecule has 1 aliphatic rings. The molecule has 0 aromatic heterocycles. The minimum atomic E-state index is 0.699. The van der Waals surface area contributed by atoms with Gasteiger partial charge in [-0.15, -0.1) is 0 Å². The van der Waals surface area contributed by atoms with E-state index in [4.69, 9.17) is 4.74 Å². The van der Waals surface area contributed by atoms with Gasteiger partial charge in [0.25, 0.3) is 0 Å². The van der Waals surface area contributed by atoms with Gasteiger partial charge in [0.1, 0.15) is 0 Å². The second kappa shape index (κ2) is 5.49. The molecule has 1 nitrogen and oxygen atoms in total. The topological polar surface area (TPSA) is 9.23 Å². The van der Waals surface area contributed by atoms with Crippen LogP contribution < -0.4 is 0 Å². The summed E-state index contributed by atoms with van der Waals surface area (Å²) < 4.78 is 5.47. The lowest BCUT2D eigenvalue weighted by atomic mass is 9.75. The second-order valence-corrected chi connectivity index (χ2v) is 5.13. The Bertz CT molecular complexity index is 298. The molecule has 0 aliphatic carbocycles. The molecule has 0 amide bonds. The lowest BCUT2D eigenvalue weighted by Crippen LogP contribution is -2.25. The van der Waals surface area contributed by atoms with E-state index in [2.05, 4.69) is 44.2 Å². The molecule has 0 N–H and O–H groups in total. The van der Waals surface area contributed by atoms with Crippen molar-refractivity contribution in [2.75, 3.05) is 13.2 Å². The molecule has 1 saturated heterocycles. The van der Waals surface area contributed by atoms with Crippen molar-refractivity contribution in [2.24, 2.45) is 11.8 Å². The molecule has 1 heterocycles. The molecule has 1 aromatic rings. The van der Waals surface area contributed by atoms with E-state index in [1.807, 2.05) is 0 Å². The Hall–Kier alpha value is -0.820. The third kappa shape index (κ3) is 2.65. The van der Waals surface area contributed by atoms with Crippen LogP contribution in [-0.2, 0) is 4.74 Å². The van der Waals surface area contributed by atoms with Crippen molar-refractivity contribution < 1.29 is 4.74 Å². The van der Waals surface area contributed by atoms with Gasteiger partial charge in [-0.2, -0.15) is 0 Å². The Morgan fingerprint density at radius 1 is 1.06 bits per heavy atom. The summed E-state index contributed by atoms with van der Waals surface area (Å²) in [6.07, 6.45) is 2.44. The van der Waals surface area contributed by atoms with Gasteiger partial charge in [-0.3, -0.25) is 0 Å². The minimum Gasteiger partial charge on any atom is -0.381 e. The predicted molar refractivity (Wildman–Crippen MR) is 67.6 cm³/mol. The molecule has 1 fully saturated rings. The van der Waals surface area contributed by atoms with Crippen LogP contribution in [-0.4, -0.2) is 13.2 Å². The molecular weight excluding hydrogens is 196 g/mol. The van der Waals surface area contributed by atoms with Gasteiger partial charge < -0.3 is 4.74 Å². The van der Waals surface area contributed by atoms with Crippen LogP contribution in [0.3, 0.4) is 0 Å². The van der Waals surface area contributed by atoms with Gasteiger partial charge in [-0.1, -0.05) is 44.2 Å². The molecule has 0 spiro atoms. The van der Waals surface area contributed by atoms with Gasteiger partial charge in [-0.05, 0) is 36.2 Å². The smallest absolute Gasteiger partial charge is 0.0468 e. The number of hydrogen-bond acceptors (Lipinski definition) is 1. The summed E-state index contributed by atoms with van der Waals surface area (Å²) in [5, 5.41) is 0. The van der Waals surface area contributed by atoms with Gasteiger partial charge in [-0.25, -0.2) is 0 Å². The molecule has 0 saturated carbocycles. The van der Waals surface area contributed by atoms with E-state index in [1.54, 1.807) is 0 Å². The zero-order valence-electron chi connectivity index (χ0n) is 10.4. The zero-order valence-corrected chi connectivity index (χ0v) is 10.4. The lowest BCUT2D eigenvalue weighted by molar-refractivity contribution is 0.0522. The lowest BCUT2D eigenvalue weighted by Gasteiger charge is -2.33. The summed E-state index contributed by atoms with van der Waals surface area (Å²) >= 11 is 0. The van der Waals surface area contributed by atoms with Crippen LogP contribution in [0, 0.1) is 11.8 Å². The third-order valence-corrected chi connectivity index (χ3v) is 3.68. The van der Waals surface area contributed by atoms with E-state index in [0.717, 1.165) is 19.1 Å². The number of hydrogen-bond donors (Lipinski definition) is 0. The van der Waals surface area contributed by atoms with Crippen molar-refractivity contribution in [1.29, 1.82) is 0 Å². The summed E-state index contributed by atoms with van der Waals surface area (Å²) in [4.78, 5) is 0. The van der Waals surface area contributed by atoms with Gasteiger partial charge in [0.05, 0.1) is 0 Å². The van der Waals surface area contributed by atoms with Crippen LogP contribution in [0.15, 0.2) is 30.3 Å². The highest BCUT2D eigenvalue weighted by Gasteiger charge is 2.27. The Labute approximate surface area is 98.8 Å². The van der Waals surface area contributed by atoms with Gasteiger partial charge in [0, 0.05) is 13.2 Å². The highest BCUT2D eigenvalue weighted by Crippen LogP contribution is 2.37. The summed E-state index contributed by atoms with van der Waals surface area (Å²) in [6.45, 7) is 6.57. The quantitative estimate of drug-likeness (QED) is 0.748. The van der Waals surface area contributed by atoms with E-state index in [-0.39, 0.29) is 0 Å². The predicted octanol–water partition coefficient (Wildman–Crippen LogP) is 3.85. The van der Waals surface area contributed by atoms with E-state index >= 15 is 0 Å². The van der Waals surface area contributed by atoms with E-state index in [9.17, 15) is 0 Å². The maximum atomic E-state index is 5.47. The fourth-order valence-electron chi connectivity index (χ4n) is 2.95. The summed E-state index contributed by atoms with van der Waals surface area (Å²) in [5.74, 6) is 2.21. The Kier molecular flexibility index (Phi) is 4.00. The van der Waals surface area contributed by atoms with Crippen LogP contribution in [0.4, 0.5) is 0 Å². The zero-order chi connectivity index (χ0) is 11.4. The molecule has 1 heteroatoms. The Balaban J connectivity index is 2.16. The van der Waals surface area contributed by atoms with Crippen LogP contribution in [0.25, 0.3) is 0 Å². The average molecular weight is 218 g/mol. The van der Waals surface area contributed by atoms with Crippen molar-refractivity contribution in [2.45, 2.75) is 32.6 Å². The van der Waals surface area contributed by atoms with Crippen LogP contribution in [0.1, 0.15) is 38.2 Å². The molecule has 1 aromatic carbocycles. The molecule has 1 aliphatic heterocycles.